The largest absolute Gasteiger partial charge is 0.456 e. The molecule has 0 fully saturated rings. The van der Waals surface area contributed by atoms with Crippen molar-refractivity contribution >= 4 is 21.9 Å². The number of hydrogen-bond donors (Lipinski definition) is 1. The lowest BCUT2D eigenvalue weighted by Crippen LogP contribution is -1.91. The van der Waals surface area contributed by atoms with Crippen molar-refractivity contribution in [2.75, 3.05) is 0 Å². The van der Waals surface area contributed by atoms with Crippen LogP contribution in [0.5, 0.6) is 0 Å². The predicted octanol–water partition coefficient (Wildman–Crippen LogP) is 3.70. The standard InChI is InChI=1S/C15H14O2/c1-9-7-11(8-16)10(2)14-12-5-3-4-6-13(12)17-15(9)14/h3-7,16H,8H2,1-2H3. The number of aliphatic hydroxyl groups excluding tert-OH is 1. The number of rotatable bonds is 1. The van der Waals surface area contributed by atoms with E-state index in [-0.39, 0.29) is 6.61 Å². The molecule has 2 aromatic carbocycles. The van der Waals surface area contributed by atoms with Gasteiger partial charge in [-0.25, -0.2) is 0 Å². The summed E-state index contributed by atoms with van der Waals surface area (Å²) in [5, 5.41) is 11.6. The fourth-order valence-corrected chi connectivity index (χ4v) is 2.46. The molecule has 0 aliphatic heterocycles. The molecular formula is C15H14O2. The lowest BCUT2D eigenvalue weighted by molar-refractivity contribution is 0.281. The van der Waals surface area contributed by atoms with Crippen LogP contribution in [0.15, 0.2) is 34.7 Å². The average Bonchev–Trinajstić information content (AvgIpc) is 2.73. The van der Waals surface area contributed by atoms with E-state index >= 15 is 0 Å². The third kappa shape index (κ3) is 1.38. The van der Waals surface area contributed by atoms with Gasteiger partial charge in [-0.1, -0.05) is 18.2 Å². The van der Waals surface area contributed by atoms with E-state index in [1.54, 1.807) is 0 Å². The second-order valence-electron chi connectivity index (χ2n) is 4.44. The summed E-state index contributed by atoms with van der Waals surface area (Å²) in [6.07, 6.45) is 0. The van der Waals surface area contributed by atoms with Crippen molar-refractivity contribution < 1.29 is 9.52 Å². The molecule has 0 amide bonds. The molecule has 2 nitrogen and oxygen atoms in total. The van der Waals surface area contributed by atoms with Crippen LogP contribution >= 0.6 is 0 Å². The summed E-state index contributed by atoms with van der Waals surface area (Å²) in [5.41, 5.74) is 5.00. The van der Waals surface area contributed by atoms with E-state index in [2.05, 4.69) is 6.07 Å². The quantitative estimate of drug-likeness (QED) is 0.686. The number of benzene rings is 2. The van der Waals surface area contributed by atoms with Gasteiger partial charge in [0, 0.05) is 10.8 Å². The maximum atomic E-state index is 9.38. The lowest BCUT2D eigenvalue weighted by Gasteiger charge is -2.05. The van der Waals surface area contributed by atoms with Crippen LogP contribution in [-0.2, 0) is 6.61 Å². The van der Waals surface area contributed by atoms with Crippen LogP contribution in [0.4, 0.5) is 0 Å². The Labute approximate surface area is 99.5 Å². The summed E-state index contributed by atoms with van der Waals surface area (Å²) in [7, 11) is 0. The zero-order valence-corrected chi connectivity index (χ0v) is 9.95. The van der Waals surface area contributed by atoms with E-state index in [9.17, 15) is 5.11 Å². The molecule has 0 aliphatic rings. The van der Waals surface area contributed by atoms with Crippen LogP contribution in [0, 0.1) is 13.8 Å². The highest BCUT2D eigenvalue weighted by molar-refractivity contribution is 6.08. The molecule has 0 radical (unpaired) electrons. The van der Waals surface area contributed by atoms with Crippen LogP contribution in [-0.4, -0.2) is 5.11 Å². The number of aryl methyl sites for hydroxylation is 2. The highest BCUT2D eigenvalue weighted by atomic mass is 16.3. The first-order valence-corrected chi connectivity index (χ1v) is 5.73. The van der Waals surface area contributed by atoms with E-state index in [0.717, 1.165) is 38.6 Å². The summed E-state index contributed by atoms with van der Waals surface area (Å²) in [4.78, 5) is 0. The van der Waals surface area contributed by atoms with Crippen molar-refractivity contribution in [3.63, 3.8) is 0 Å². The highest BCUT2D eigenvalue weighted by Crippen LogP contribution is 2.34. The van der Waals surface area contributed by atoms with Crippen LogP contribution in [0.2, 0.25) is 0 Å². The number of para-hydroxylation sites is 1. The second kappa shape index (κ2) is 3.60. The predicted molar refractivity (Wildman–Crippen MR) is 69.1 cm³/mol. The lowest BCUT2D eigenvalue weighted by atomic mass is 9.99. The zero-order chi connectivity index (χ0) is 12.0. The van der Waals surface area contributed by atoms with E-state index in [0.29, 0.717) is 0 Å². The SMILES string of the molecule is Cc1cc(CO)c(C)c2c1oc1ccccc12. The molecule has 0 unspecified atom stereocenters. The van der Waals surface area contributed by atoms with Crippen molar-refractivity contribution in [3.05, 3.63) is 47.0 Å². The topological polar surface area (TPSA) is 33.4 Å². The molecule has 1 N–H and O–H groups in total. The molecule has 3 rings (SSSR count). The summed E-state index contributed by atoms with van der Waals surface area (Å²) in [6.45, 7) is 4.13. The fourth-order valence-electron chi connectivity index (χ4n) is 2.46. The van der Waals surface area contributed by atoms with Crippen LogP contribution in [0.25, 0.3) is 21.9 Å². The van der Waals surface area contributed by atoms with Crippen molar-refractivity contribution in [2.24, 2.45) is 0 Å². The van der Waals surface area contributed by atoms with Crippen LogP contribution in [0.3, 0.4) is 0 Å². The maximum Gasteiger partial charge on any atom is 0.138 e. The molecule has 3 aromatic rings. The summed E-state index contributed by atoms with van der Waals surface area (Å²) in [5.74, 6) is 0. The third-order valence-electron chi connectivity index (χ3n) is 3.37. The van der Waals surface area contributed by atoms with Gasteiger partial charge in [0.1, 0.15) is 11.2 Å². The van der Waals surface area contributed by atoms with Gasteiger partial charge in [-0.2, -0.15) is 0 Å². The number of furan rings is 1. The van der Waals surface area contributed by atoms with E-state index in [1.807, 2.05) is 38.1 Å². The van der Waals surface area contributed by atoms with Gasteiger partial charge in [0.2, 0.25) is 0 Å². The second-order valence-corrected chi connectivity index (χ2v) is 4.44. The Balaban J connectivity index is 2.58. The minimum absolute atomic E-state index is 0.0715. The number of aliphatic hydroxyl groups is 1. The third-order valence-corrected chi connectivity index (χ3v) is 3.37. The molecule has 17 heavy (non-hydrogen) atoms. The van der Waals surface area contributed by atoms with E-state index in [1.165, 1.54) is 0 Å². The Bertz CT molecular complexity index is 708. The number of fused-ring (bicyclic) bond motifs is 3. The Morgan fingerprint density at radius 2 is 1.94 bits per heavy atom. The molecule has 86 valence electrons. The molecule has 0 spiro atoms. The van der Waals surface area contributed by atoms with Gasteiger partial charge in [-0.05, 0) is 42.7 Å². The zero-order valence-electron chi connectivity index (χ0n) is 9.95. The van der Waals surface area contributed by atoms with Gasteiger partial charge in [0.05, 0.1) is 6.61 Å². The molecule has 1 heterocycles. The summed E-state index contributed by atoms with van der Waals surface area (Å²) >= 11 is 0. The minimum atomic E-state index is 0.0715. The smallest absolute Gasteiger partial charge is 0.138 e. The molecular weight excluding hydrogens is 212 g/mol. The van der Waals surface area contributed by atoms with Crippen molar-refractivity contribution in [1.82, 2.24) is 0 Å². The molecule has 1 aromatic heterocycles. The Hall–Kier alpha value is -1.80. The molecule has 0 saturated carbocycles. The molecule has 0 atom stereocenters. The number of hydrogen-bond acceptors (Lipinski definition) is 2. The molecule has 0 aliphatic carbocycles. The monoisotopic (exact) mass is 226 g/mol. The van der Waals surface area contributed by atoms with Crippen LogP contribution < -0.4 is 0 Å². The van der Waals surface area contributed by atoms with Gasteiger partial charge in [0.15, 0.2) is 0 Å². The maximum absolute atomic E-state index is 9.38. The van der Waals surface area contributed by atoms with Gasteiger partial charge in [0.25, 0.3) is 0 Å². The first-order chi connectivity index (χ1) is 8.22. The molecule has 0 saturated heterocycles. The first-order valence-electron chi connectivity index (χ1n) is 5.73. The van der Waals surface area contributed by atoms with Crippen molar-refractivity contribution in [3.8, 4) is 0 Å². The highest BCUT2D eigenvalue weighted by Gasteiger charge is 2.13. The molecule has 2 heteroatoms. The van der Waals surface area contributed by atoms with Crippen LogP contribution in [0.1, 0.15) is 16.7 Å². The Kier molecular flexibility index (Phi) is 2.20. The average molecular weight is 226 g/mol. The van der Waals surface area contributed by atoms with Gasteiger partial charge in [-0.3, -0.25) is 0 Å². The normalized spacial score (nSPS) is 11.5. The fraction of sp³-hybridized carbons (Fsp3) is 0.200. The van der Waals surface area contributed by atoms with Gasteiger partial charge in [-0.15, -0.1) is 0 Å². The molecule has 0 bridgehead atoms. The summed E-state index contributed by atoms with van der Waals surface area (Å²) < 4.78 is 5.88. The Morgan fingerprint density at radius 1 is 1.18 bits per heavy atom. The Morgan fingerprint density at radius 3 is 2.71 bits per heavy atom. The minimum Gasteiger partial charge on any atom is -0.456 e. The van der Waals surface area contributed by atoms with Crippen molar-refractivity contribution in [2.45, 2.75) is 20.5 Å². The van der Waals surface area contributed by atoms with Gasteiger partial charge >= 0.3 is 0 Å². The van der Waals surface area contributed by atoms with Crippen molar-refractivity contribution in [1.29, 1.82) is 0 Å². The summed E-state index contributed by atoms with van der Waals surface area (Å²) in [6, 6.07) is 10.0. The van der Waals surface area contributed by atoms with E-state index < -0.39 is 0 Å². The van der Waals surface area contributed by atoms with Gasteiger partial charge < -0.3 is 9.52 Å². The first kappa shape index (κ1) is 10.4. The van der Waals surface area contributed by atoms with E-state index in [4.69, 9.17) is 4.42 Å².